The van der Waals surface area contributed by atoms with Crippen LogP contribution in [0.2, 0.25) is 0 Å². The van der Waals surface area contributed by atoms with Crippen LogP contribution in [0.4, 0.5) is 0 Å². The minimum Gasteiger partial charge on any atom is -0.346 e. The highest BCUT2D eigenvalue weighted by Gasteiger charge is 2.43. The number of benzene rings is 1. The van der Waals surface area contributed by atoms with Gasteiger partial charge in [-0.25, -0.2) is 0 Å². The van der Waals surface area contributed by atoms with Crippen molar-refractivity contribution in [3.63, 3.8) is 0 Å². The van der Waals surface area contributed by atoms with Gasteiger partial charge in [0.05, 0.1) is 6.04 Å². The van der Waals surface area contributed by atoms with Crippen molar-refractivity contribution in [1.82, 2.24) is 24.9 Å². The molecule has 9 heteroatoms. The Morgan fingerprint density at radius 1 is 0.795 bits per heavy atom. The molecule has 4 atom stereocenters. The van der Waals surface area contributed by atoms with E-state index in [2.05, 4.69) is 63.9 Å². The number of rotatable bonds is 14. The topological polar surface area (TPSA) is 93.3 Å². The highest BCUT2D eigenvalue weighted by Crippen LogP contribution is 2.28. The molecule has 0 unspecified atom stereocenters. The Kier molecular flexibility index (Phi) is 11.9. The molecule has 3 aliphatic heterocycles. The standard InChI is InChI=1S/C35H55N5O4/c1-24(2)17-29-20-36-32(41)33(42)39(29)22-28-13-10-15-37(28)21-30(18-25(3)4)40-23-31(19-26(5)6)38(34(43)35(40)44)16-14-27-11-8-7-9-12-27/h7-9,11-12,24-26,28-31H,10,13-23H2,1-6H3,(H,36,41)/t28-,29+,30+,31+/m1/s1. The zero-order valence-corrected chi connectivity index (χ0v) is 27.8. The van der Waals surface area contributed by atoms with Gasteiger partial charge in [0.25, 0.3) is 0 Å². The van der Waals surface area contributed by atoms with E-state index >= 15 is 0 Å². The summed E-state index contributed by atoms with van der Waals surface area (Å²) in [6.45, 7) is 16.6. The first-order valence-electron chi connectivity index (χ1n) is 16.9. The highest BCUT2D eigenvalue weighted by molar-refractivity contribution is 6.36. The second-order valence-electron chi connectivity index (χ2n) is 14.5. The van der Waals surface area contributed by atoms with Gasteiger partial charge in [-0.05, 0) is 68.4 Å². The number of piperazine rings is 2. The zero-order chi connectivity index (χ0) is 32.0. The molecule has 0 spiro atoms. The molecule has 3 saturated heterocycles. The van der Waals surface area contributed by atoms with Gasteiger partial charge in [-0.3, -0.25) is 24.1 Å². The SMILES string of the molecule is CC(C)C[C@H]1CNC(=O)C(=O)N1C[C@H]1CCCN1C[C@H](CC(C)C)N1C[C@H](CC(C)C)N(CCc2ccccc2)C(=O)C1=O. The van der Waals surface area contributed by atoms with Crippen molar-refractivity contribution in [3.05, 3.63) is 35.9 Å². The van der Waals surface area contributed by atoms with Gasteiger partial charge in [0.1, 0.15) is 0 Å². The van der Waals surface area contributed by atoms with Crippen molar-refractivity contribution >= 4 is 23.6 Å². The maximum absolute atomic E-state index is 13.8. The lowest BCUT2D eigenvalue weighted by Crippen LogP contribution is -2.64. The predicted octanol–water partition coefficient (Wildman–Crippen LogP) is 3.57. The maximum Gasteiger partial charge on any atom is 0.312 e. The first-order valence-corrected chi connectivity index (χ1v) is 16.9. The predicted molar refractivity (Wildman–Crippen MR) is 173 cm³/mol. The van der Waals surface area contributed by atoms with Crippen LogP contribution in [0.5, 0.6) is 0 Å². The van der Waals surface area contributed by atoms with Crippen molar-refractivity contribution in [1.29, 1.82) is 0 Å². The maximum atomic E-state index is 13.8. The molecule has 3 heterocycles. The molecule has 3 fully saturated rings. The van der Waals surface area contributed by atoms with Crippen LogP contribution in [0.1, 0.15) is 79.2 Å². The molecule has 0 aliphatic carbocycles. The fourth-order valence-corrected chi connectivity index (χ4v) is 7.42. The van der Waals surface area contributed by atoms with E-state index < -0.39 is 11.8 Å². The number of nitrogens with zero attached hydrogens (tertiary/aromatic N) is 4. The van der Waals surface area contributed by atoms with Crippen LogP contribution in [-0.2, 0) is 25.6 Å². The van der Waals surface area contributed by atoms with E-state index in [1.54, 1.807) is 4.90 Å². The molecule has 1 aromatic carbocycles. The number of carbonyl (C=O) groups is 4. The summed E-state index contributed by atoms with van der Waals surface area (Å²) < 4.78 is 0. The molecule has 4 rings (SSSR count). The van der Waals surface area contributed by atoms with Gasteiger partial charge in [-0.1, -0.05) is 71.9 Å². The fourth-order valence-electron chi connectivity index (χ4n) is 7.42. The third kappa shape index (κ3) is 8.61. The van der Waals surface area contributed by atoms with Gasteiger partial charge in [0.15, 0.2) is 0 Å². The summed E-state index contributed by atoms with van der Waals surface area (Å²) in [5, 5.41) is 2.77. The van der Waals surface area contributed by atoms with Crippen LogP contribution in [0.25, 0.3) is 0 Å². The summed E-state index contributed by atoms with van der Waals surface area (Å²) in [4.78, 5) is 60.8. The van der Waals surface area contributed by atoms with Crippen LogP contribution in [0, 0.1) is 17.8 Å². The lowest BCUT2D eigenvalue weighted by Gasteiger charge is -2.46. The van der Waals surface area contributed by atoms with Crippen LogP contribution in [0.15, 0.2) is 30.3 Å². The van der Waals surface area contributed by atoms with E-state index in [0.29, 0.717) is 50.5 Å². The van der Waals surface area contributed by atoms with Crippen LogP contribution in [-0.4, -0.2) is 107 Å². The summed E-state index contributed by atoms with van der Waals surface area (Å²) in [5.74, 6) is -0.563. The first-order chi connectivity index (χ1) is 20.9. The van der Waals surface area contributed by atoms with Gasteiger partial charge in [-0.2, -0.15) is 0 Å². The van der Waals surface area contributed by atoms with Crippen LogP contribution >= 0.6 is 0 Å². The van der Waals surface area contributed by atoms with Crippen molar-refractivity contribution in [2.24, 2.45) is 17.8 Å². The lowest BCUT2D eigenvalue weighted by atomic mass is 9.95. The van der Waals surface area contributed by atoms with E-state index in [1.807, 2.05) is 28.0 Å². The molecule has 244 valence electrons. The Labute approximate surface area is 264 Å². The minimum absolute atomic E-state index is 0.00549. The van der Waals surface area contributed by atoms with Crippen molar-refractivity contribution < 1.29 is 19.2 Å². The Morgan fingerprint density at radius 3 is 2.14 bits per heavy atom. The zero-order valence-electron chi connectivity index (χ0n) is 27.8. The third-order valence-corrected chi connectivity index (χ3v) is 9.45. The van der Waals surface area contributed by atoms with Crippen LogP contribution in [0.3, 0.4) is 0 Å². The minimum atomic E-state index is -0.516. The quantitative estimate of drug-likeness (QED) is 0.326. The fraction of sp³-hybridized carbons (Fsp3) is 0.714. The largest absolute Gasteiger partial charge is 0.346 e. The van der Waals surface area contributed by atoms with Crippen molar-refractivity contribution in [2.45, 2.75) is 104 Å². The van der Waals surface area contributed by atoms with E-state index in [4.69, 9.17) is 0 Å². The number of carbonyl (C=O) groups excluding carboxylic acids is 4. The molecule has 0 radical (unpaired) electrons. The van der Waals surface area contributed by atoms with Crippen molar-refractivity contribution in [3.8, 4) is 0 Å². The number of amides is 4. The molecule has 0 bridgehead atoms. The average molecular weight is 610 g/mol. The summed E-state index contributed by atoms with van der Waals surface area (Å²) in [5.41, 5.74) is 1.16. The van der Waals surface area contributed by atoms with Gasteiger partial charge in [0.2, 0.25) is 0 Å². The first kappa shape index (κ1) is 33.9. The summed E-state index contributed by atoms with van der Waals surface area (Å²) in [7, 11) is 0. The van der Waals surface area contributed by atoms with E-state index in [-0.39, 0.29) is 36.0 Å². The molecule has 0 saturated carbocycles. The summed E-state index contributed by atoms with van der Waals surface area (Å²) >= 11 is 0. The van der Waals surface area contributed by atoms with Gasteiger partial charge < -0.3 is 20.0 Å². The second kappa shape index (κ2) is 15.4. The number of nitrogens with one attached hydrogen (secondary N) is 1. The molecule has 3 aliphatic rings. The number of hydrogen-bond acceptors (Lipinski definition) is 5. The molecule has 1 N–H and O–H groups in total. The highest BCUT2D eigenvalue weighted by atomic mass is 16.2. The van der Waals surface area contributed by atoms with Gasteiger partial charge >= 0.3 is 23.6 Å². The average Bonchev–Trinajstić information content (AvgIpc) is 3.40. The molecular formula is C35H55N5O4. The van der Waals surface area contributed by atoms with Gasteiger partial charge in [-0.15, -0.1) is 0 Å². The lowest BCUT2D eigenvalue weighted by molar-refractivity contribution is -0.162. The number of hydrogen-bond donors (Lipinski definition) is 1. The third-order valence-electron chi connectivity index (χ3n) is 9.45. The molecule has 4 amide bonds. The Bertz CT molecular complexity index is 1140. The van der Waals surface area contributed by atoms with Gasteiger partial charge in [0, 0.05) is 50.8 Å². The van der Waals surface area contributed by atoms with Crippen LogP contribution < -0.4 is 5.32 Å². The van der Waals surface area contributed by atoms with E-state index in [0.717, 1.165) is 50.6 Å². The van der Waals surface area contributed by atoms with E-state index in [9.17, 15) is 19.2 Å². The Morgan fingerprint density at radius 2 is 1.48 bits per heavy atom. The smallest absolute Gasteiger partial charge is 0.312 e. The molecule has 44 heavy (non-hydrogen) atoms. The van der Waals surface area contributed by atoms with Crippen molar-refractivity contribution in [2.75, 3.05) is 39.3 Å². The number of likely N-dealkylation sites (tertiary alicyclic amines) is 1. The molecule has 0 aromatic heterocycles. The monoisotopic (exact) mass is 609 g/mol. The summed E-state index contributed by atoms with van der Waals surface area (Å²) in [6, 6.07) is 10.2. The molecule has 9 nitrogen and oxygen atoms in total. The summed E-state index contributed by atoms with van der Waals surface area (Å²) in [6.07, 6.45) is 5.19. The Balaban J connectivity index is 1.50. The Hall–Kier alpha value is -2.94. The second-order valence-corrected chi connectivity index (χ2v) is 14.5. The normalized spacial score (nSPS) is 24.3. The van der Waals surface area contributed by atoms with E-state index in [1.165, 1.54) is 0 Å². The molecule has 1 aromatic rings. The molecular weight excluding hydrogens is 554 g/mol.